The summed E-state index contributed by atoms with van der Waals surface area (Å²) in [5.41, 5.74) is -0.107. The largest absolute Gasteiger partial charge is 0.457 e. The molecule has 2 aromatic rings. The van der Waals surface area contributed by atoms with Crippen molar-refractivity contribution in [3.05, 3.63) is 35.1 Å². The van der Waals surface area contributed by atoms with Crippen LogP contribution in [0.1, 0.15) is 17.4 Å². The standard InChI is InChI=1S/C13H11ClF3N3O3/c1-7(21)9-6-10(23-13(16,17)12(15)22-2)19-20(9)11-8(14)4-3-5-18-11/h3-6,12H,1-2H3. The number of alkyl halides is 3. The molecule has 0 radical (unpaired) electrons. The van der Waals surface area contributed by atoms with Crippen LogP contribution in [0.25, 0.3) is 5.82 Å². The molecule has 1 unspecified atom stereocenters. The van der Waals surface area contributed by atoms with Gasteiger partial charge in [0.1, 0.15) is 5.69 Å². The molecule has 0 aliphatic carbocycles. The van der Waals surface area contributed by atoms with Crippen LogP contribution in [0.15, 0.2) is 24.4 Å². The molecule has 2 heterocycles. The number of halogens is 4. The third-order valence-corrected chi connectivity index (χ3v) is 2.99. The van der Waals surface area contributed by atoms with Gasteiger partial charge in [-0.3, -0.25) is 4.79 Å². The number of Topliss-reactive ketones (excluding diaryl/α,β-unsaturated/α-hetero) is 1. The molecule has 6 nitrogen and oxygen atoms in total. The number of hydrogen-bond acceptors (Lipinski definition) is 5. The van der Waals surface area contributed by atoms with Crippen LogP contribution in [-0.4, -0.2) is 40.1 Å². The molecule has 0 N–H and O–H groups in total. The van der Waals surface area contributed by atoms with Crippen molar-refractivity contribution in [1.29, 1.82) is 0 Å². The van der Waals surface area contributed by atoms with E-state index in [-0.39, 0.29) is 16.5 Å². The van der Waals surface area contributed by atoms with Crippen LogP contribution < -0.4 is 4.74 Å². The van der Waals surface area contributed by atoms with Gasteiger partial charge < -0.3 is 9.47 Å². The van der Waals surface area contributed by atoms with Crippen molar-refractivity contribution in [1.82, 2.24) is 14.8 Å². The van der Waals surface area contributed by atoms with Crippen molar-refractivity contribution < 1.29 is 27.4 Å². The fourth-order valence-electron chi connectivity index (χ4n) is 1.68. The van der Waals surface area contributed by atoms with Gasteiger partial charge in [0.2, 0.25) is 5.88 Å². The zero-order valence-electron chi connectivity index (χ0n) is 12.0. The van der Waals surface area contributed by atoms with Gasteiger partial charge in [0.25, 0.3) is 0 Å². The number of nitrogens with zero attached hydrogens (tertiary/aromatic N) is 3. The van der Waals surface area contributed by atoms with E-state index in [1.165, 1.54) is 19.2 Å². The Balaban J connectivity index is 2.44. The predicted octanol–water partition coefficient (Wildman–Crippen LogP) is 3.04. The summed E-state index contributed by atoms with van der Waals surface area (Å²) in [4.78, 5) is 15.6. The summed E-state index contributed by atoms with van der Waals surface area (Å²) < 4.78 is 48.9. The van der Waals surface area contributed by atoms with Crippen LogP contribution in [-0.2, 0) is 4.74 Å². The first-order valence-electron chi connectivity index (χ1n) is 6.22. The second kappa shape index (κ2) is 6.55. The van der Waals surface area contributed by atoms with E-state index in [0.29, 0.717) is 0 Å². The maximum absolute atomic E-state index is 13.4. The van der Waals surface area contributed by atoms with Gasteiger partial charge in [-0.25, -0.2) is 14.1 Å². The van der Waals surface area contributed by atoms with Crippen LogP contribution in [0.3, 0.4) is 0 Å². The third kappa shape index (κ3) is 3.62. The van der Waals surface area contributed by atoms with Crippen LogP contribution in [0.2, 0.25) is 5.02 Å². The molecule has 0 spiro atoms. The van der Waals surface area contributed by atoms with Gasteiger partial charge in [0, 0.05) is 26.3 Å². The Bertz CT molecular complexity index is 723. The number of ketones is 1. The van der Waals surface area contributed by atoms with E-state index in [1.807, 2.05) is 0 Å². The summed E-state index contributed by atoms with van der Waals surface area (Å²) in [5, 5.41) is 3.82. The van der Waals surface area contributed by atoms with Crippen molar-refractivity contribution in [2.45, 2.75) is 19.4 Å². The number of aromatic nitrogens is 3. The number of ether oxygens (including phenoxy) is 2. The molecule has 0 amide bonds. The van der Waals surface area contributed by atoms with Crippen LogP contribution in [0.4, 0.5) is 13.2 Å². The SMILES string of the molecule is COC(F)C(F)(F)Oc1cc(C(C)=O)n(-c2ncccc2Cl)n1. The molecule has 0 saturated carbocycles. The number of rotatable bonds is 6. The number of pyridine rings is 1. The Hall–Kier alpha value is -2.13. The minimum atomic E-state index is -4.28. The average molecular weight is 350 g/mol. The number of carbonyl (C=O) groups excluding carboxylic acids is 1. The van der Waals surface area contributed by atoms with E-state index in [4.69, 9.17) is 11.6 Å². The predicted molar refractivity (Wildman–Crippen MR) is 73.9 cm³/mol. The summed E-state index contributed by atoms with van der Waals surface area (Å²) in [6, 6.07) is 3.96. The molecule has 0 aromatic carbocycles. The number of methoxy groups -OCH3 is 1. The highest BCUT2D eigenvalue weighted by atomic mass is 35.5. The molecule has 0 aliphatic heterocycles. The molecule has 0 aliphatic rings. The molecule has 1 atom stereocenters. The lowest BCUT2D eigenvalue weighted by Gasteiger charge is -2.18. The summed E-state index contributed by atoms with van der Waals surface area (Å²) in [7, 11) is 0.759. The van der Waals surface area contributed by atoms with E-state index < -0.39 is 24.1 Å². The summed E-state index contributed by atoms with van der Waals surface area (Å²) in [6.07, 6.45) is -5.90. The molecule has 23 heavy (non-hydrogen) atoms. The maximum atomic E-state index is 13.4. The average Bonchev–Trinajstić information content (AvgIpc) is 2.89. The van der Waals surface area contributed by atoms with Gasteiger partial charge in [0.15, 0.2) is 11.6 Å². The Morgan fingerprint density at radius 1 is 1.48 bits per heavy atom. The third-order valence-electron chi connectivity index (χ3n) is 2.70. The van der Waals surface area contributed by atoms with Gasteiger partial charge in [0.05, 0.1) is 5.02 Å². The van der Waals surface area contributed by atoms with Crippen LogP contribution in [0, 0.1) is 0 Å². The monoisotopic (exact) mass is 349 g/mol. The first kappa shape index (κ1) is 17.2. The first-order valence-corrected chi connectivity index (χ1v) is 6.59. The van der Waals surface area contributed by atoms with Gasteiger partial charge in [-0.05, 0) is 12.1 Å². The number of carbonyl (C=O) groups is 1. The molecule has 0 bridgehead atoms. The van der Waals surface area contributed by atoms with E-state index in [0.717, 1.165) is 17.9 Å². The normalized spacial score (nSPS) is 13.0. The summed E-state index contributed by atoms with van der Waals surface area (Å²) in [6.45, 7) is 1.19. The minimum Gasteiger partial charge on any atom is -0.409 e. The Kier molecular flexibility index (Phi) is 4.90. The summed E-state index contributed by atoms with van der Waals surface area (Å²) >= 11 is 5.95. The molecule has 124 valence electrons. The van der Waals surface area contributed by atoms with Crippen molar-refractivity contribution in [3.8, 4) is 11.7 Å². The minimum absolute atomic E-state index is 0.0427. The van der Waals surface area contributed by atoms with E-state index in [1.54, 1.807) is 6.07 Å². The zero-order valence-corrected chi connectivity index (χ0v) is 12.7. The first-order chi connectivity index (χ1) is 10.8. The van der Waals surface area contributed by atoms with Gasteiger partial charge in [-0.2, -0.15) is 8.78 Å². The van der Waals surface area contributed by atoms with Gasteiger partial charge >= 0.3 is 12.5 Å². The zero-order chi connectivity index (χ0) is 17.2. The molecule has 10 heteroatoms. The second-order valence-corrected chi connectivity index (χ2v) is 4.77. The highest BCUT2D eigenvalue weighted by molar-refractivity contribution is 6.32. The molecular formula is C13H11ClF3N3O3. The van der Waals surface area contributed by atoms with E-state index in [9.17, 15) is 18.0 Å². The van der Waals surface area contributed by atoms with E-state index in [2.05, 4.69) is 19.6 Å². The molecule has 2 rings (SSSR count). The van der Waals surface area contributed by atoms with Gasteiger partial charge in [-0.15, -0.1) is 5.10 Å². The van der Waals surface area contributed by atoms with Crippen molar-refractivity contribution in [2.24, 2.45) is 0 Å². The maximum Gasteiger partial charge on any atom is 0.457 e. The highest BCUT2D eigenvalue weighted by Gasteiger charge is 2.44. The van der Waals surface area contributed by atoms with Gasteiger partial charge in [-0.1, -0.05) is 11.6 Å². The topological polar surface area (TPSA) is 66.2 Å². The van der Waals surface area contributed by atoms with E-state index >= 15 is 0 Å². The van der Waals surface area contributed by atoms with Crippen LogP contribution in [0.5, 0.6) is 5.88 Å². The van der Waals surface area contributed by atoms with Crippen molar-refractivity contribution in [2.75, 3.05) is 7.11 Å². The smallest absolute Gasteiger partial charge is 0.409 e. The molecule has 0 saturated heterocycles. The lowest BCUT2D eigenvalue weighted by Crippen LogP contribution is -2.37. The van der Waals surface area contributed by atoms with Crippen molar-refractivity contribution in [3.63, 3.8) is 0 Å². The summed E-state index contributed by atoms with van der Waals surface area (Å²) in [5.74, 6) is -1.14. The Morgan fingerprint density at radius 2 is 2.17 bits per heavy atom. The molecular weight excluding hydrogens is 339 g/mol. The second-order valence-electron chi connectivity index (χ2n) is 4.36. The molecule has 0 fully saturated rings. The fourth-order valence-corrected chi connectivity index (χ4v) is 1.88. The Labute approximate surface area is 133 Å². The highest BCUT2D eigenvalue weighted by Crippen LogP contribution is 2.28. The van der Waals surface area contributed by atoms with Crippen LogP contribution >= 0.6 is 11.6 Å². The van der Waals surface area contributed by atoms with Crippen molar-refractivity contribution >= 4 is 17.4 Å². The Morgan fingerprint density at radius 3 is 2.74 bits per heavy atom. The fraction of sp³-hybridized carbons (Fsp3) is 0.308. The lowest BCUT2D eigenvalue weighted by molar-refractivity contribution is -0.285. The number of hydrogen-bond donors (Lipinski definition) is 0. The quantitative estimate of drug-likeness (QED) is 0.750. The molecule has 2 aromatic heterocycles. The lowest BCUT2D eigenvalue weighted by atomic mass is 10.3.